The lowest BCUT2D eigenvalue weighted by Crippen LogP contribution is -2.27. The van der Waals surface area contributed by atoms with Crippen LogP contribution in [0, 0.1) is 5.92 Å². The van der Waals surface area contributed by atoms with Crippen molar-refractivity contribution in [1.82, 2.24) is 9.88 Å². The van der Waals surface area contributed by atoms with Gasteiger partial charge in [-0.2, -0.15) is 0 Å². The van der Waals surface area contributed by atoms with Gasteiger partial charge in [0.1, 0.15) is 5.75 Å². The molecule has 2 atom stereocenters. The number of hydrogen-bond donors (Lipinski definition) is 4. The molecule has 188 valence electrons. The van der Waals surface area contributed by atoms with Crippen LogP contribution in [0.4, 0.5) is 0 Å². The fourth-order valence-electron chi connectivity index (χ4n) is 5.53. The highest BCUT2D eigenvalue weighted by Crippen LogP contribution is 2.42. The van der Waals surface area contributed by atoms with Gasteiger partial charge in [0.15, 0.2) is 0 Å². The predicted octanol–water partition coefficient (Wildman–Crippen LogP) is 5.19. The summed E-state index contributed by atoms with van der Waals surface area (Å²) in [7, 11) is 0. The number of nitrogens with one attached hydrogen (secondary N) is 1. The predicted molar refractivity (Wildman–Crippen MR) is 141 cm³/mol. The summed E-state index contributed by atoms with van der Waals surface area (Å²) in [5, 5.41) is 25.0. The molecule has 2 aromatic carbocycles. The number of aliphatic hydroxyl groups is 1. The van der Waals surface area contributed by atoms with Gasteiger partial charge in [-0.1, -0.05) is 55.5 Å². The van der Waals surface area contributed by atoms with E-state index >= 15 is 0 Å². The molecule has 35 heavy (non-hydrogen) atoms. The number of rotatable bonds is 9. The Hall–Kier alpha value is -2.54. The summed E-state index contributed by atoms with van der Waals surface area (Å²) in [6, 6.07) is 12.5. The van der Waals surface area contributed by atoms with Crippen LogP contribution in [0.5, 0.6) is 5.75 Å². The van der Waals surface area contributed by atoms with Crippen molar-refractivity contribution >= 4 is 28.4 Å². The maximum Gasteiger partial charge on any atom is 0.255 e. The van der Waals surface area contributed by atoms with Crippen LogP contribution in [0.25, 0.3) is 10.9 Å². The highest BCUT2D eigenvalue weighted by atomic mass is 35.5. The quantitative estimate of drug-likeness (QED) is 0.305. The highest BCUT2D eigenvalue weighted by Gasteiger charge is 2.28. The number of aromatic nitrogens is 1. The number of amides is 1. The molecule has 0 radical (unpaired) electrons. The molecular formula is C28H36ClN3O3. The third kappa shape index (κ3) is 6.00. The van der Waals surface area contributed by atoms with Crippen molar-refractivity contribution in [3.63, 3.8) is 0 Å². The second-order valence-electron chi connectivity index (χ2n) is 9.68. The van der Waals surface area contributed by atoms with E-state index in [1.54, 1.807) is 18.2 Å². The molecule has 0 spiro atoms. The second kappa shape index (κ2) is 11.9. The lowest BCUT2D eigenvalue weighted by Gasteiger charge is -2.27. The van der Waals surface area contributed by atoms with Gasteiger partial charge >= 0.3 is 0 Å². The molecule has 0 aliphatic heterocycles. The topological polar surface area (TPSA) is 101 Å². The van der Waals surface area contributed by atoms with Crippen molar-refractivity contribution in [2.45, 2.75) is 63.5 Å². The van der Waals surface area contributed by atoms with Crippen molar-refractivity contribution in [1.29, 1.82) is 0 Å². The third-order valence-electron chi connectivity index (χ3n) is 7.32. The van der Waals surface area contributed by atoms with Gasteiger partial charge in [0.05, 0.1) is 16.7 Å². The van der Waals surface area contributed by atoms with Crippen molar-refractivity contribution in [2.75, 3.05) is 13.1 Å². The summed E-state index contributed by atoms with van der Waals surface area (Å²) in [5.41, 5.74) is 8.16. The smallest absolute Gasteiger partial charge is 0.255 e. The van der Waals surface area contributed by atoms with Crippen LogP contribution in [0.3, 0.4) is 0 Å². The zero-order valence-electron chi connectivity index (χ0n) is 20.1. The largest absolute Gasteiger partial charge is 0.507 e. The summed E-state index contributed by atoms with van der Waals surface area (Å²) in [6.45, 7) is 1.10. The molecule has 6 nitrogen and oxygen atoms in total. The fraction of sp³-hybridized carbons (Fsp3) is 0.464. The highest BCUT2D eigenvalue weighted by molar-refractivity contribution is 6.35. The van der Waals surface area contributed by atoms with Crippen molar-refractivity contribution in [2.24, 2.45) is 11.7 Å². The van der Waals surface area contributed by atoms with Crippen LogP contribution in [-0.4, -0.2) is 39.9 Å². The number of nitrogens with two attached hydrogens (primary N) is 1. The number of aliphatic hydroxyl groups excluding tert-OH is 1. The van der Waals surface area contributed by atoms with E-state index < -0.39 is 6.10 Å². The van der Waals surface area contributed by atoms with Crippen LogP contribution >= 0.6 is 11.6 Å². The van der Waals surface area contributed by atoms with E-state index in [2.05, 4.69) is 16.1 Å². The zero-order valence-corrected chi connectivity index (χ0v) is 20.9. The number of halogens is 1. The minimum Gasteiger partial charge on any atom is -0.507 e. The number of nitrogens with zero attached hydrogens (tertiary/aromatic N) is 1. The maximum absolute atomic E-state index is 12.7. The Kier molecular flexibility index (Phi) is 8.71. The molecule has 7 heteroatoms. The molecule has 3 aromatic rings. The Morgan fingerprint density at radius 2 is 1.86 bits per heavy atom. The van der Waals surface area contributed by atoms with Crippen molar-refractivity contribution in [3.8, 4) is 5.75 Å². The summed E-state index contributed by atoms with van der Waals surface area (Å²) in [4.78, 5) is 12.7. The van der Waals surface area contributed by atoms with Crippen LogP contribution in [-0.2, 0) is 6.54 Å². The van der Waals surface area contributed by atoms with Gasteiger partial charge in [-0.15, -0.1) is 0 Å². The van der Waals surface area contributed by atoms with Gasteiger partial charge in [-0.3, -0.25) is 4.79 Å². The Labute approximate surface area is 212 Å². The first-order chi connectivity index (χ1) is 17.0. The average Bonchev–Trinajstić information content (AvgIpc) is 3.02. The first-order valence-electron chi connectivity index (χ1n) is 12.7. The Bertz CT molecular complexity index is 1140. The first kappa shape index (κ1) is 25.5. The van der Waals surface area contributed by atoms with Crippen molar-refractivity contribution < 1.29 is 15.0 Å². The number of phenolic OH excluding ortho intramolecular Hbond substituents is 1. The van der Waals surface area contributed by atoms with Crippen LogP contribution in [0.2, 0.25) is 5.02 Å². The molecule has 1 amide bonds. The standard InChI is InChI=1S/C28H36ClN3O3/c29-24-11-7-12-25-27(24)23(18-32(25)17-20(33)16-30)21(19-8-3-1-2-4-9-19)14-15-31-28(35)22-10-5-6-13-26(22)34/h5-7,10-13,18-21,33-34H,1-4,8-9,14-17,30H2,(H,31,35). The summed E-state index contributed by atoms with van der Waals surface area (Å²) < 4.78 is 2.07. The number of aromatic hydroxyl groups is 1. The average molecular weight is 498 g/mol. The molecule has 1 saturated carbocycles. The van der Waals surface area contributed by atoms with E-state index in [-0.39, 0.29) is 29.7 Å². The number of carbonyl (C=O) groups is 1. The number of para-hydroxylation sites is 1. The summed E-state index contributed by atoms with van der Waals surface area (Å²) in [5.74, 6) is 0.429. The lowest BCUT2D eigenvalue weighted by molar-refractivity contribution is 0.0948. The normalized spacial score (nSPS) is 16.7. The van der Waals surface area contributed by atoms with Gasteiger partial charge < -0.3 is 25.8 Å². The molecule has 0 saturated heterocycles. The molecule has 1 fully saturated rings. The maximum atomic E-state index is 12.7. The van der Waals surface area contributed by atoms with E-state index in [1.165, 1.54) is 37.3 Å². The molecule has 2 unspecified atom stereocenters. The minimum absolute atomic E-state index is 0.0152. The number of phenols is 1. The van der Waals surface area contributed by atoms with Gasteiger partial charge in [-0.25, -0.2) is 0 Å². The molecule has 1 heterocycles. The molecule has 0 bridgehead atoms. The van der Waals surface area contributed by atoms with Gasteiger partial charge in [0, 0.05) is 36.7 Å². The monoisotopic (exact) mass is 497 g/mol. The summed E-state index contributed by atoms with van der Waals surface area (Å²) in [6.07, 6.45) is 9.53. The fourth-order valence-corrected chi connectivity index (χ4v) is 5.81. The van der Waals surface area contributed by atoms with E-state index in [0.717, 1.165) is 30.2 Å². The van der Waals surface area contributed by atoms with E-state index in [9.17, 15) is 15.0 Å². The van der Waals surface area contributed by atoms with Crippen LogP contribution in [0.1, 0.15) is 66.8 Å². The number of hydrogen-bond acceptors (Lipinski definition) is 4. The number of fused-ring (bicyclic) bond motifs is 1. The molecule has 1 aromatic heterocycles. The SMILES string of the molecule is NCC(O)Cn1cc(C(CCNC(=O)c2ccccc2O)C2CCCCCC2)c2c(Cl)cccc21. The minimum atomic E-state index is -0.633. The van der Waals surface area contributed by atoms with E-state index in [1.807, 2.05) is 18.2 Å². The van der Waals surface area contributed by atoms with Crippen LogP contribution in [0.15, 0.2) is 48.7 Å². The van der Waals surface area contributed by atoms with Crippen molar-refractivity contribution in [3.05, 3.63) is 64.8 Å². The van der Waals surface area contributed by atoms with Crippen LogP contribution < -0.4 is 11.1 Å². The molecule has 1 aliphatic carbocycles. The number of carbonyl (C=O) groups excluding carboxylic acids is 1. The molecule has 1 aliphatic rings. The molecule has 4 rings (SSSR count). The Balaban J connectivity index is 1.64. The van der Waals surface area contributed by atoms with Gasteiger partial charge in [0.25, 0.3) is 5.91 Å². The zero-order chi connectivity index (χ0) is 24.8. The van der Waals surface area contributed by atoms with E-state index in [0.29, 0.717) is 24.0 Å². The molecular weight excluding hydrogens is 462 g/mol. The first-order valence-corrected chi connectivity index (χ1v) is 13.1. The molecule has 5 N–H and O–H groups in total. The Morgan fingerprint density at radius 3 is 2.57 bits per heavy atom. The lowest BCUT2D eigenvalue weighted by atomic mass is 9.79. The Morgan fingerprint density at radius 1 is 1.11 bits per heavy atom. The second-order valence-corrected chi connectivity index (χ2v) is 10.1. The number of benzene rings is 2. The van der Waals surface area contributed by atoms with E-state index in [4.69, 9.17) is 17.3 Å². The summed E-state index contributed by atoms with van der Waals surface area (Å²) >= 11 is 6.75. The van der Waals surface area contributed by atoms with Gasteiger partial charge in [-0.05, 0) is 60.9 Å². The van der Waals surface area contributed by atoms with Gasteiger partial charge in [0.2, 0.25) is 0 Å². The third-order valence-corrected chi connectivity index (χ3v) is 7.64.